The van der Waals surface area contributed by atoms with Crippen LogP contribution in [0.3, 0.4) is 0 Å². The predicted molar refractivity (Wildman–Crippen MR) is 106 cm³/mol. The van der Waals surface area contributed by atoms with Gasteiger partial charge in [0.15, 0.2) is 0 Å². The van der Waals surface area contributed by atoms with E-state index in [1.807, 2.05) is 13.8 Å². The van der Waals surface area contributed by atoms with E-state index in [1.54, 1.807) is 4.90 Å². The number of nitrogens with one attached hydrogen (secondary N) is 2. The number of halogens is 3. The second-order valence-electron chi connectivity index (χ2n) is 7.49. The van der Waals surface area contributed by atoms with E-state index in [1.165, 1.54) is 0 Å². The summed E-state index contributed by atoms with van der Waals surface area (Å²) in [7, 11) is -3.99. The highest BCUT2D eigenvalue weighted by molar-refractivity contribution is 7.89. The van der Waals surface area contributed by atoms with Gasteiger partial charge in [-0.15, -0.1) is 13.2 Å². The smallest absolute Gasteiger partial charge is 0.406 e. The second-order valence-corrected chi connectivity index (χ2v) is 9.25. The van der Waals surface area contributed by atoms with Crippen LogP contribution in [0.2, 0.25) is 0 Å². The van der Waals surface area contributed by atoms with Gasteiger partial charge in [0.1, 0.15) is 5.75 Å². The normalized spacial score (nSPS) is 15.7. The van der Waals surface area contributed by atoms with Crippen molar-refractivity contribution >= 4 is 21.8 Å². The molecule has 2 amide bonds. The average molecular weight is 465 g/mol. The summed E-state index contributed by atoms with van der Waals surface area (Å²) >= 11 is 0. The van der Waals surface area contributed by atoms with Gasteiger partial charge < -0.3 is 15.0 Å². The molecule has 0 aromatic heterocycles. The molecule has 1 aromatic rings. The Kier molecular flexibility index (Phi) is 8.29. The van der Waals surface area contributed by atoms with E-state index in [4.69, 9.17) is 0 Å². The maximum Gasteiger partial charge on any atom is 0.573 e. The van der Waals surface area contributed by atoms with Gasteiger partial charge in [-0.1, -0.05) is 0 Å². The van der Waals surface area contributed by atoms with Crippen LogP contribution < -0.4 is 14.8 Å². The Morgan fingerprint density at radius 1 is 1.16 bits per heavy atom. The van der Waals surface area contributed by atoms with Crippen LogP contribution in [0, 0.1) is 5.92 Å². The molecule has 0 spiro atoms. The van der Waals surface area contributed by atoms with Gasteiger partial charge in [-0.3, -0.25) is 9.59 Å². The zero-order valence-corrected chi connectivity index (χ0v) is 18.1. The first kappa shape index (κ1) is 24.9. The summed E-state index contributed by atoms with van der Waals surface area (Å²) in [6.07, 6.45) is -3.85. The van der Waals surface area contributed by atoms with E-state index in [9.17, 15) is 31.2 Å². The van der Waals surface area contributed by atoms with Crippen LogP contribution in [0.1, 0.15) is 33.1 Å². The van der Waals surface area contributed by atoms with Crippen LogP contribution in [-0.4, -0.2) is 57.2 Å². The molecule has 2 N–H and O–H groups in total. The summed E-state index contributed by atoms with van der Waals surface area (Å²) in [6, 6.07) is 3.81. The minimum Gasteiger partial charge on any atom is -0.406 e. The van der Waals surface area contributed by atoms with Crippen molar-refractivity contribution in [1.29, 1.82) is 0 Å². The number of hydrogen-bond donors (Lipinski definition) is 2. The fourth-order valence-corrected chi connectivity index (χ4v) is 4.18. The Morgan fingerprint density at radius 3 is 2.26 bits per heavy atom. The number of piperidine rings is 1. The SMILES string of the molecule is CC(C)NC(=O)C1CCN(C(=O)CCNS(=O)(=O)c2ccc(OC(F)(F)F)cc2)CC1. The standard InChI is InChI=1S/C19H26F3N3O5S/c1-13(2)24-18(27)14-8-11-25(12-9-14)17(26)7-10-23-31(28,29)16-5-3-15(4-6-16)30-19(20,21)22/h3-6,13-14,23H,7-12H2,1-2H3,(H,24,27). The molecule has 1 aromatic carbocycles. The lowest BCUT2D eigenvalue weighted by molar-refractivity contribution is -0.274. The van der Waals surface area contributed by atoms with Crippen LogP contribution in [0.15, 0.2) is 29.2 Å². The predicted octanol–water partition coefficient (Wildman–Crippen LogP) is 2.02. The van der Waals surface area contributed by atoms with E-state index >= 15 is 0 Å². The molecule has 1 saturated heterocycles. The number of rotatable bonds is 8. The molecule has 0 bridgehead atoms. The van der Waals surface area contributed by atoms with Crippen LogP contribution in [0.4, 0.5) is 13.2 Å². The molecule has 12 heteroatoms. The van der Waals surface area contributed by atoms with E-state index < -0.39 is 22.1 Å². The van der Waals surface area contributed by atoms with Gasteiger partial charge in [-0.25, -0.2) is 13.1 Å². The minimum atomic E-state index is -4.87. The fourth-order valence-electron chi connectivity index (χ4n) is 3.15. The summed E-state index contributed by atoms with van der Waals surface area (Å²) in [6.45, 7) is 4.44. The van der Waals surface area contributed by atoms with Gasteiger partial charge in [0.2, 0.25) is 21.8 Å². The molecule has 31 heavy (non-hydrogen) atoms. The molecule has 1 fully saturated rings. The van der Waals surface area contributed by atoms with Gasteiger partial charge in [-0.2, -0.15) is 0 Å². The van der Waals surface area contributed by atoms with Crippen molar-refractivity contribution < 1.29 is 35.9 Å². The van der Waals surface area contributed by atoms with Gasteiger partial charge >= 0.3 is 6.36 Å². The summed E-state index contributed by atoms with van der Waals surface area (Å²) in [4.78, 5) is 25.7. The third-order valence-electron chi connectivity index (χ3n) is 4.65. The highest BCUT2D eigenvalue weighted by atomic mass is 32.2. The van der Waals surface area contributed by atoms with Crippen molar-refractivity contribution in [3.63, 3.8) is 0 Å². The van der Waals surface area contributed by atoms with Crippen molar-refractivity contribution in [3.8, 4) is 5.75 Å². The lowest BCUT2D eigenvalue weighted by Crippen LogP contribution is -2.44. The average Bonchev–Trinajstić information content (AvgIpc) is 2.66. The first-order chi connectivity index (χ1) is 14.4. The fraction of sp³-hybridized carbons (Fsp3) is 0.579. The minimum absolute atomic E-state index is 0.0264. The lowest BCUT2D eigenvalue weighted by atomic mass is 9.95. The Bertz CT molecular complexity index is 865. The number of hydrogen-bond acceptors (Lipinski definition) is 5. The molecule has 1 aliphatic heterocycles. The molecular weight excluding hydrogens is 439 g/mol. The number of benzene rings is 1. The van der Waals surface area contributed by atoms with Gasteiger partial charge in [0.25, 0.3) is 0 Å². The quantitative estimate of drug-likeness (QED) is 0.611. The Balaban J connectivity index is 1.79. The van der Waals surface area contributed by atoms with E-state index in [-0.39, 0.29) is 41.6 Å². The lowest BCUT2D eigenvalue weighted by Gasteiger charge is -2.31. The number of amides is 2. The van der Waals surface area contributed by atoms with Crippen molar-refractivity contribution in [2.45, 2.75) is 50.4 Å². The third kappa shape index (κ3) is 8.02. The molecule has 8 nitrogen and oxygen atoms in total. The van der Waals surface area contributed by atoms with E-state index in [0.717, 1.165) is 24.3 Å². The molecule has 1 heterocycles. The zero-order chi connectivity index (χ0) is 23.2. The Hall–Kier alpha value is -2.34. The highest BCUT2D eigenvalue weighted by Crippen LogP contribution is 2.24. The monoisotopic (exact) mass is 465 g/mol. The molecule has 0 unspecified atom stereocenters. The molecular formula is C19H26F3N3O5S. The number of carbonyl (C=O) groups is 2. The van der Waals surface area contributed by atoms with Crippen molar-refractivity contribution in [2.75, 3.05) is 19.6 Å². The van der Waals surface area contributed by atoms with Crippen molar-refractivity contribution in [2.24, 2.45) is 5.92 Å². The molecule has 174 valence electrons. The molecule has 1 aliphatic rings. The third-order valence-corrected chi connectivity index (χ3v) is 6.12. The number of likely N-dealkylation sites (tertiary alicyclic amines) is 1. The summed E-state index contributed by atoms with van der Waals surface area (Å²) in [5, 5.41) is 2.85. The molecule has 0 atom stereocenters. The van der Waals surface area contributed by atoms with Gasteiger partial charge in [0.05, 0.1) is 4.90 Å². The van der Waals surface area contributed by atoms with Crippen molar-refractivity contribution in [3.05, 3.63) is 24.3 Å². The summed E-state index contributed by atoms with van der Waals surface area (Å²) in [5.41, 5.74) is 0. The topological polar surface area (TPSA) is 105 Å². The number of sulfonamides is 1. The van der Waals surface area contributed by atoms with Crippen LogP contribution >= 0.6 is 0 Å². The number of nitrogens with zero attached hydrogens (tertiary/aromatic N) is 1. The van der Waals surface area contributed by atoms with Crippen LogP contribution in [0.5, 0.6) is 5.75 Å². The van der Waals surface area contributed by atoms with Crippen molar-refractivity contribution in [1.82, 2.24) is 14.9 Å². The number of carbonyl (C=O) groups excluding carboxylic acids is 2. The molecule has 0 radical (unpaired) electrons. The zero-order valence-electron chi connectivity index (χ0n) is 17.2. The number of alkyl halides is 3. The van der Waals surface area contributed by atoms with Crippen LogP contribution in [0.25, 0.3) is 0 Å². The Labute approximate surface area is 179 Å². The van der Waals surface area contributed by atoms with Gasteiger partial charge in [0, 0.05) is 38.0 Å². The largest absolute Gasteiger partial charge is 0.573 e. The summed E-state index contributed by atoms with van der Waals surface area (Å²) in [5.74, 6) is -0.942. The maximum atomic E-state index is 12.3. The van der Waals surface area contributed by atoms with E-state index in [0.29, 0.717) is 25.9 Å². The van der Waals surface area contributed by atoms with Crippen LogP contribution in [-0.2, 0) is 19.6 Å². The van der Waals surface area contributed by atoms with Gasteiger partial charge in [-0.05, 0) is 51.0 Å². The molecule has 0 saturated carbocycles. The Morgan fingerprint density at radius 2 is 1.74 bits per heavy atom. The second kappa shape index (κ2) is 10.3. The first-order valence-electron chi connectivity index (χ1n) is 9.81. The molecule has 2 rings (SSSR count). The highest BCUT2D eigenvalue weighted by Gasteiger charge is 2.31. The van der Waals surface area contributed by atoms with E-state index in [2.05, 4.69) is 14.8 Å². The maximum absolute atomic E-state index is 12.3. The summed E-state index contributed by atoms with van der Waals surface area (Å²) < 4.78 is 67.0. The first-order valence-corrected chi connectivity index (χ1v) is 11.3. The number of ether oxygens (including phenoxy) is 1. The molecule has 0 aliphatic carbocycles.